The Kier molecular flexibility index (Phi) is 3.57. The fraction of sp³-hybridized carbons (Fsp3) is 0.105. The standard InChI is InChI=1S/C19H16N4O2/c1-22-17-9-14(7-8-16(17)21-18(24)19(22)25)15-10-20-23(12-15)11-13-5-3-2-4-6-13/h2-10,12H,11H2,1H3,(H,21,24). The Morgan fingerprint density at radius 3 is 2.64 bits per heavy atom. The van der Waals surface area contributed by atoms with Crippen molar-refractivity contribution < 1.29 is 0 Å². The third-order valence-corrected chi connectivity index (χ3v) is 4.26. The van der Waals surface area contributed by atoms with Crippen LogP contribution >= 0.6 is 0 Å². The normalized spacial score (nSPS) is 11.1. The molecule has 0 unspecified atom stereocenters. The molecule has 0 saturated heterocycles. The van der Waals surface area contributed by atoms with Gasteiger partial charge in [-0.05, 0) is 23.3 Å². The molecule has 0 aliphatic rings. The van der Waals surface area contributed by atoms with Crippen LogP contribution < -0.4 is 11.1 Å². The largest absolute Gasteiger partial charge is 0.316 e. The SMILES string of the molecule is Cn1c(=O)c(=O)[nH]c2ccc(-c3cnn(Cc4ccccc4)c3)cc21. The van der Waals surface area contributed by atoms with Crippen molar-refractivity contribution in [2.45, 2.75) is 6.54 Å². The minimum atomic E-state index is -0.613. The molecule has 0 aliphatic heterocycles. The van der Waals surface area contributed by atoms with Crippen LogP contribution in [-0.4, -0.2) is 19.3 Å². The summed E-state index contributed by atoms with van der Waals surface area (Å²) >= 11 is 0. The molecule has 0 amide bonds. The number of aryl methyl sites for hydroxylation is 1. The summed E-state index contributed by atoms with van der Waals surface area (Å²) in [5.41, 5.74) is 3.20. The van der Waals surface area contributed by atoms with E-state index in [4.69, 9.17) is 0 Å². The summed E-state index contributed by atoms with van der Waals surface area (Å²) < 4.78 is 3.24. The van der Waals surface area contributed by atoms with Crippen molar-refractivity contribution in [3.05, 3.63) is 87.2 Å². The molecule has 124 valence electrons. The number of aromatic nitrogens is 4. The van der Waals surface area contributed by atoms with Crippen molar-refractivity contribution in [2.75, 3.05) is 0 Å². The maximum Gasteiger partial charge on any atom is 0.316 e. The highest BCUT2D eigenvalue weighted by atomic mass is 16.2. The van der Waals surface area contributed by atoms with Crippen molar-refractivity contribution in [1.29, 1.82) is 0 Å². The molecule has 0 spiro atoms. The van der Waals surface area contributed by atoms with Crippen molar-refractivity contribution in [3.8, 4) is 11.1 Å². The molecule has 0 bridgehead atoms. The van der Waals surface area contributed by atoms with E-state index in [2.05, 4.69) is 22.2 Å². The van der Waals surface area contributed by atoms with Crippen molar-refractivity contribution in [2.24, 2.45) is 7.05 Å². The minimum absolute atomic E-state index is 0.565. The fourth-order valence-electron chi connectivity index (χ4n) is 2.90. The summed E-state index contributed by atoms with van der Waals surface area (Å²) in [6.07, 6.45) is 3.77. The number of hydrogen-bond donors (Lipinski definition) is 1. The van der Waals surface area contributed by atoms with E-state index in [9.17, 15) is 9.59 Å². The second-order valence-electron chi connectivity index (χ2n) is 5.96. The van der Waals surface area contributed by atoms with Crippen LogP contribution in [0.3, 0.4) is 0 Å². The van der Waals surface area contributed by atoms with Gasteiger partial charge >= 0.3 is 11.1 Å². The second kappa shape index (κ2) is 5.90. The third-order valence-electron chi connectivity index (χ3n) is 4.26. The highest BCUT2D eigenvalue weighted by Crippen LogP contribution is 2.22. The zero-order valence-electron chi connectivity index (χ0n) is 13.6. The Labute approximate surface area is 143 Å². The molecule has 6 heteroatoms. The van der Waals surface area contributed by atoms with Gasteiger partial charge in [-0.2, -0.15) is 5.10 Å². The Bertz CT molecular complexity index is 1170. The predicted octanol–water partition coefficient (Wildman–Crippen LogP) is 2.14. The van der Waals surface area contributed by atoms with Gasteiger partial charge in [0.05, 0.1) is 23.8 Å². The number of aromatic amines is 1. The number of H-pyrrole nitrogens is 1. The first-order valence-corrected chi connectivity index (χ1v) is 7.91. The highest BCUT2D eigenvalue weighted by Gasteiger charge is 2.08. The predicted molar refractivity (Wildman–Crippen MR) is 96.6 cm³/mol. The Hall–Kier alpha value is -3.41. The van der Waals surface area contributed by atoms with Crippen molar-refractivity contribution >= 4 is 11.0 Å². The van der Waals surface area contributed by atoms with E-state index < -0.39 is 11.1 Å². The first kappa shape index (κ1) is 15.1. The molecular formula is C19H16N4O2. The van der Waals surface area contributed by atoms with Crippen LogP contribution in [0.4, 0.5) is 0 Å². The lowest BCUT2D eigenvalue weighted by molar-refractivity contribution is 0.687. The van der Waals surface area contributed by atoms with Crippen LogP contribution in [0.15, 0.2) is 70.5 Å². The molecule has 0 saturated carbocycles. The van der Waals surface area contributed by atoms with Gasteiger partial charge in [-0.3, -0.25) is 14.3 Å². The molecule has 2 heterocycles. The van der Waals surface area contributed by atoms with E-state index in [1.165, 1.54) is 10.1 Å². The molecule has 2 aromatic carbocycles. The van der Waals surface area contributed by atoms with Gasteiger partial charge < -0.3 is 9.55 Å². The number of fused-ring (bicyclic) bond motifs is 1. The lowest BCUT2D eigenvalue weighted by atomic mass is 10.1. The maximum absolute atomic E-state index is 11.8. The van der Waals surface area contributed by atoms with Gasteiger partial charge in [-0.25, -0.2) is 0 Å². The lowest BCUT2D eigenvalue weighted by Gasteiger charge is -2.06. The topological polar surface area (TPSA) is 72.7 Å². The molecule has 0 aliphatic carbocycles. The summed E-state index contributed by atoms with van der Waals surface area (Å²) in [5.74, 6) is 0. The van der Waals surface area contributed by atoms with E-state index >= 15 is 0 Å². The van der Waals surface area contributed by atoms with Crippen LogP contribution in [0.5, 0.6) is 0 Å². The van der Waals surface area contributed by atoms with E-state index in [1.807, 2.05) is 41.2 Å². The van der Waals surface area contributed by atoms with Crippen molar-refractivity contribution in [1.82, 2.24) is 19.3 Å². The summed E-state index contributed by atoms with van der Waals surface area (Å²) in [6.45, 7) is 0.695. The quantitative estimate of drug-likeness (QED) is 0.584. The van der Waals surface area contributed by atoms with Crippen LogP contribution in [0.25, 0.3) is 22.2 Å². The monoisotopic (exact) mass is 332 g/mol. The number of rotatable bonds is 3. The van der Waals surface area contributed by atoms with Gasteiger partial charge in [0.1, 0.15) is 0 Å². The van der Waals surface area contributed by atoms with Crippen LogP contribution in [0.2, 0.25) is 0 Å². The Morgan fingerprint density at radius 1 is 1.04 bits per heavy atom. The fourth-order valence-corrected chi connectivity index (χ4v) is 2.90. The minimum Gasteiger partial charge on any atom is -0.316 e. The highest BCUT2D eigenvalue weighted by molar-refractivity contribution is 5.81. The Morgan fingerprint density at radius 2 is 1.84 bits per heavy atom. The first-order chi connectivity index (χ1) is 12.1. The zero-order valence-corrected chi connectivity index (χ0v) is 13.6. The number of benzene rings is 2. The molecule has 0 atom stereocenters. The van der Waals surface area contributed by atoms with Crippen LogP contribution in [0, 0.1) is 0 Å². The molecule has 4 aromatic rings. The molecule has 1 N–H and O–H groups in total. The van der Waals surface area contributed by atoms with E-state index in [0.29, 0.717) is 17.6 Å². The average molecular weight is 332 g/mol. The lowest BCUT2D eigenvalue weighted by Crippen LogP contribution is -2.34. The average Bonchev–Trinajstić information content (AvgIpc) is 3.09. The van der Waals surface area contributed by atoms with Gasteiger partial charge in [-0.1, -0.05) is 36.4 Å². The van der Waals surface area contributed by atoms with Gasteiger partial charge in [0.2, 0.25) is 0 Å². The van der Waals surface area contributed by atoms with E-state index in [-0.39, 0.29) is 0 Å². The van der Waals surface area contributed by atoms with Crippen LogP contribution in [0.1, 0.15) is 5.56 Å². The van der Waals surface area contributed by atoms with Gasteiger partial charge in [0, 0.05) is 18.8 Å². The third kappa shape index (κ3) is 2.78. The summed E-state index contributed by atoms with van der Waals surface area (Å²) in [4.78, 5) is 26.0. The Balaban J connectivity index is 1.73. The summed E-state index contributed by atoms with van der Waals surface area (Å²) in [7, 11) is 1.60. The first-order valence-electron chi connectivity index (χ1n) is 7.91. The summed E-state index contributed by atoms with van der Waals surface area (Å²) in [6, 6.07) is 15.7. The van der Waals surface area contributed by atoms with Crippen LogP contribution in [-0.2, 0) is 13.6 Å². The second-order valence-corrected chi connectivity index (χ2v) is 5.96. The molecule has 2 aromatic heterocycles. The molecule has 4 rings (SSSR count). The van der Waals surface area contributed by atoms with Gasteiger partial charge in [-0.15, -0.1) is 0 Å². The molecular weight excluding hydrogens is 316 g/mol. The number of nitrogens with one attached hydrogen (secondary N) is 1. The smallest absolute Gasteiger partial charge is 0.316 e. The van der Waals surface area contributed by atoms with E-state index in [0.717, 1.165) is 11.1 Å². The molecule has 0 fully saturated rings. The molecule has 25 heavy (non-hydrogen) atoms. The zero-order chi connectivity index (χ0) is 17.4. The van der Waals surface area contributed by atoms with Gasteiger partial charge in [0.25, 0.3) is 0 Å². The number of nitrogens with zero attached hydrogens (tertiary/aromatic N) is 3. The molecule has 0 radical (unpaired) electrons. The van der Waals surface area contributed by atoms with E-state index in [1.54, 1.807) is 19.3 Å². The number of hydrogen-bond acceptors (Lipinski definition) is 3. The summed E-state index contributed by atoms with van der Waals surface area (Å²) in [5, 5.41) is 4.41. The van der Waals surface area contributed by atoms with Gasteiger partial charge in [0.15, 0.2) is 0 Å². The molecule has 6 nitrogen and oxygen atoms in total. The maximum atomic E-state index is 11.8. The van der Waals surface area contributed by atoms with Crippen molar-refractivity contribution in [3.63, 3.8) is 0 Å².